The van der Waals surface area contributed by atoms with E-state index in [0.717, 1.165) is 0 Å². The van der Waals surface area contributed by atoms with E-state index in [0.29, 0.717) is 25.3 Å². The molecule has 7 heteroatoms. The maximum absolute atomic E-state index is 11.2. The number of pyridine rings is 1. The van der Waals surface area contributed by atoms with Gasteiger partial charge in [0.25, 0.3) is 0 Å². The number of anilines is 1. The molecule has 1 rings (SSSR count). The van der Waals surface area contributed by atoms with Crippen molar-refractivity contribution in [2.45, 2.75) is 13.3 Å². The summed E-state index contributed by atoms with van der Waals surface area (Å²) < 4.78 is 0. The normalized spacial score (nSPS) is 9.89. The number of carboxylic acid groups (broad SMARTS) is 1. The number of amides is 1. The molecule has 0 radical (unpaired) electrons. The lowest BCUT2D eigenvalue weighted by atomic mass is 10.3. The molecule has 0 saturated heterocycles. The number of hydrogen-bond donors (Lipinski definition) is 3. The van der Waals surface area contributed by atoms with Crippen LogP contribution >= 0.6 is 11.6 Å². The fraction of sp³-hybridized carbons (Fsp3) is 0.364. The second-order valence-electron chi connectivity index (χ2n) is 3.49. The number of carboxylic acids is 1. The topological polar surface area (TPSA) is 91.3 Å². The van der Waals surface area contributed by atoms with E-state index in [9.17, 15) is 9.59 Å². The maximum atomic E-state index is 11.2. The molecule has 0 aliphatic heterocycles. The molecule has 0 aromatic carbocycles. The predicted octanol–water partition coefficient (Wildman–Crippen LogP) is 1.37. The summed E-state index contributed by atoms with van der Waals surface area (Å²) in [5, 5.41) is 14.5. The average Bonchev–Trinajstić information content (AvgIpc) is 2.31. The van der Waals surface area contributed by atoms with Crippen LogP contribution in [0.25, 0.3) is 0 Å². The van der Waals surface area contributed by atoms with Gasteiger partial charge in [-0.1, -0.05) is 11.6 Å². The highest BCUT2D eigenvalue weighted by Crippen LogP contribution is 2.19. The highest BCUT2D eigenvalue weighted by molar-refractivity contribution is 6.33. The molecule has 3 N–H and O–H groups in total. The number of carbonyl (C=O) groups excluding carboxylic acids is 1. The van der Waals surface area contributed by atoms with Crippen LogP contribution in [-0.4, -0.2) is 35.1 Å². The quantitative estimate of drug-likeness (QED) is 0.727. The minimum Gasteiger partial charge on any atom is -0.478 e. The van der Waals surface area contributed by atoms with Crippen molar-refractivity contribution in [3.05, 3.63) is 22.8 Å². The van der Waals surface area contributed by atoms with E-state index >= 15 is 0 Å². The molecular weight excluding hydrogens is 258 g/mol. The summed E-state index contributed by atoms with van der Waals surface area (Å²) in [4.78, 5) is 25.7. The molecule has 6 nitrogen and oxygen atoms in total. The monoisotopic (exact) mass is 271 g/mol. The summed E-state index contributed by atoms with van der Waals surface area (Å²) in [5.74, 6) is -0.785. The van der Waals surface area contributed by atoms with Crippen molar-refractivity contribution in [1.82, 2.24) is 10.3 Å². The maximum Gasteiger partial charge on any atom is 0.337 e. The molecule has 0 fully saturated rings. The molecule has 0 aliphatic carbocycles. The molecular formula is C11H14ClN3O3. The fourth-order valence-corrected chi connectivity index (χ4v) is 1.50. The minimum absolute atomic E-state index is 0.0225. The number of halogens is 1. The van der Waals surface area contributed by atoms with E-state index < -0.39 is 5.97 Å². The fourth-order valence-electron chi connectivity index (χ4n) is 1.26. The lowest BCUT2D eigenvalue weighted by Crippen LogP contribution is -2.24. The lowest BCUT2D eigenvalue weighted by molar-refractivity contribution is -0.120. The van der Waals surface area contributed by atoms with Gasteiger partial charge < -0.3 is 15.7 Å². The predicted molar refractivity (Wildman–Crippen MR) is 68.0 cm³/mol. The molecule has 1 aromatic heterocycles. The Balaban J connectivity index is 2.53. The van der Waals surface area contributed by atoms with Crippen LogP contribution < -0.4 is 10.6 Å². The summed E-state index contributed by atoms with van der Waals surface area (Å²) >= 11 is 5.86. The summed E-state index contributed by atoms with van der Waals surface area (Å²) in [6, 6.07) is 1.31. The molecule has 0 spiro atoms. The standard InChI is InChI=1S/C11H14ClN3O3/c1-2-13-9(16)3-4-14-10-8(12)5-7(6-15-10)11(17)18/h5-6H,2-4H2,1H3,(H,13,16)(H,14,15)(H,17,18). The Kier molecular flexibility index (Phi) is 5.38. The van der Waals surface area contributed by atoms with Crippen LogP contribution in [0, 0.1) is 0 Å². The third-order valence-electron chi connectivity index (χ3n) is 2.11. The lowest BCUT2D eigenvalue weighted by Gasteiger charge is -2.07. The molecule has 1 aromatic rings. The first-order valence-corrected chi connectivity index (χ1v) is 5.81. The van der Waals surface area contributed by atoms with Crippen LogP contribution in [0.4, 0.5) is 5.82 Å². The Bertz CT molecular complexity index is 451. The second kappa shape index (κ2) is 6.80. The van der Waals surface area contributed by atoms with Gasteiger partial charge in [-0.15, -0.1) is 0 Å². The van der Waals surface area contributed by atoms with Gasteiger partial charge in [-0.05, 0) is 13.0 Å². The molecule has 1 amide bonds. The van der Waals surface area contributed by atoms with Gasteiger partial charge in [-0.25, -0.2) is 9.78 Å². The molecule has 0 aliphatic rings. The first kappa shape index (κ1) is 14.2. The first-order chi connectivity index (χ1) is 8.54. The summed E-state index contributed by atoms with van der Waals surface area (Å²) in [6.07, 6.45) is 1.51. The first-order valence-electron chi connectivity index (χ1n) is 5.44. The summed E-state index contributed by atoms with van der Waals surface area (Å²) in [7, 11) is 0. The Morgan fingerprint density at radius 2 is 2.22 bits per heavy atom. The van der Waals surface area contributed by atoms with Crippen molar-refractivity contribution in [3.8, 4) is 0 Å². The van der Waals surface area contributed by atoms with Crippen molar-refractivity contribution < 1.29 is 14.7 Å². The van der Waals surface area contributed by atoms with E-state index in [4.69, 9.17) is 16.7 Å². The zero-order valence-electron chi connectivity index (χ0n) is 9.86. The number of aromatic carboxylic acids is 1. The third-order valence-corrected chi connectivity index (χ3v) is 2.39. The van der Waals surface area contributed by atoms with E-state index in [1.54, 1.807) is 0 Å². The number of carbonyl (C=O) groups is 2. The van der Waals surface area contributed by atoms with Crippen molar-refractivity contribution in [1.29, 1.82) is 0 Å². The summed E-state index contributed by atoms with van der Waals surface area (Å²) in [6.45, 7) is 2.81. The summed E-state index contributed by atoms with van der Waals surface area (Å²) in [5.41, 5.74) is 0.0225. The van der Waals surface area contributed by atoms with Gasteiger partial charge in [0, 0.05) is 25.7 Å². The van der Waals surface area contributed by atoms with Crippen LogP contribution in [0.5, 0.6) is 0 Å². The van der Waals surface area contributed by atoms with Crippen molar-refractivity contribution in [2.24, 2.45) is 0 Å². The number of hydrogen-bond acceptors (Lipinski definition) is 4. The van der Waals surface area contributed by atoms with Gasteiger partial charge in [-0.2, -0.15) is 0 Å². The zero-order valence-corrected chi connectivity index (χ0v) is 10.6. The highest BCUT2D eigenvalue weighted by Gasteiger charge is 2.08. The van der Waals surface area contributed by atoms with Gasteiger partial charge in [0.15, 0.2) is 0 Å². The smallest absolute Gasteiger partial charge is 0.337 e. The average molecular weight is 272 g/mol. The largest absolute Gasteiger partial charge is 0.478 e. The Morgan fingerprint density at radius 1 is 1.50 bits per heavy atom. The van der Waals surface area contributed by atoms with Gasteiger partial charge in [0.2, 0.25) is 5.91 Å². The molecule has 1 heterocycles. The number of nitrogens with one attached hydrogen (secondary N) is 2. The number of aromatic nitrogens is 1. The van der Waals surface area contributed by atoms with Gasteiger partial charge in [-0.3, -0.25) is 4.79 Å². The molecule has 0 saturated carbocycles. The van der Waals surface area contributed by atoms with Crippen LogP contribution in [0.15, 0.2) is 12.3 Å². The van der Waals surface area contributed by atoms with E-state index in [2.05, 4.69) is 15.6 Å². The Hall–Kier alpha value is -1.82. The SMILES string of the molecule is CCNC(=O)CCNc1ncc(C(=O)O)cc1Cl. The Morgan fingerprint density at radius 3 is 2.78 bits per heavy atom. The van der Waals surface area contributed by atoms with E-state index in [1.165, 1.54) is 12.3 Å². The van der Waals surface area contributed by atoms with Crippen molar-refractivity contribution in [3.63, 3.8) is 0 Å². The molecule has 0 atom stereocenters. The zero-order chi connectivity index (χ0) is 13.5. The molecule has 18 heavy (non-hydrogen) atoms. The highest BCUT2D eigenvalue weighted by atomic mass is 35.5. The van der Waals surface area contributed by atoms with Crippen LogP contribution in [0.2, 0.25) is 5.02 Å². The Labute approximate surface area is 109 Å². The van der Waals surface area contributed by atoms with E-state index in [1.807, 2.05) is 6.92 Å². The third kappa shape index (κ3) is 4.21. The second-order valence-corrected chi connectivity index (χ2v) is 3.90. The molecule has 0 bridgehead atoms. The number of nitrogens with zero attached hydrogens (tertiary/aromatic N) is 1. The van der Waals surface area contributed by atoms with Crippen LogP contribution in [-0.2, 0) is 4.79 Å². The number of rotatable bonds is 6. The molecule has 98 valence electrons. The van der Waals surface area contributed by atoms with Gasteiger partial charge in [0.05, 0.1) is 10.6 Å². The minimum atomic E-state index is -1.08. The van der Waals surface area contributed by atoms with Crippen LogP contribution in [0.1, 0.15) is 23.7 Å². The van der Waals surface area contributed by atoms with Gasteiger partial charge >= 0.3 is 5.97 Å². The van der Waals surface area contributed by atoms with E-state index in [-0.39, 0.29) is 16.5 Å². The van der Waals surface area contributed by atoms with Crippen LogP contribution in [0.3, 0.4) is 0 Å². The van der Waals surface area contributed by atoms with Gasteiger partial charge in [0.1, 0.15) is 5.82 Å². The van der Waals surface area contributed by atoms with Crippen molar-refractivity contribution >= 4 is 29.3 Å². The molecule has 0 unspecified atom stereocenters. The van der Waals surface area contributed by atoms with Crippen molar-refractivity contribution in [2.75, 3.05) is 18.4 Å².